The van der Waals surface area contributed by atoms with Gasteiger partial charge in [-0.1, -0.05) is 168 Å². The van der Waals surface area contributed by atoms with Crippen molar-refractivity contribution in [3.05, 3.63) is 109 Å². The van der Waals surface area contributed by atoms with Gasteiger partial charge < -0.3 is 28.6 Å². The molecule has 0 aromatic carbocycles. The second-order valence-electron chi connectivity index (χ2n) is 17.3. The summed E-state index contributed by atoms with van der Waals surface area (Å²) in [6.45, 7) is 4.43. The van der Waals surface area contributed by atoms with Gasteiger partial charge in [0.1, 0.15) is 12.6 Å². The maximum absolute atomic E-state index is 12.7. The summed E-state index contributed by atoms with van der Waals surface area (Å²) >= 11 is 0. The monoisotopic (exact) mass is 890 g/mol. The first kappa shape index (κ1) is 60.0. The molecular formula is C56H91NO7. The molecule has 0 aliphatic carbocycles. The van der Waals surface area contributed by atoms with Crippen molar-refractivity contribution < 1.29 is 38.2 Å². The summed E-state index contributed by atoms with van der Waals surface area (Å²) in [6.07, 6.45) is 62.6. The van der Waals surface area contributed by atoms with E-state index in [4.69, 9.17) is 14.2 Å². The van der Waals surface area contributed by atoms with Crippen LogP contribution < -0.4 is 5.11 Å². The molecule has 0 heterocycles. The Labute approximate surface area is 391 Å². The molecule has 0 saturated heterocycles. The van der Waals surface area contributed by atoms with Crippen LogP contribution in [-0.2, 0) is 28.6 Å². The summed E-state index contributed by atoms with van der Waals surface area (Å²) in [5, 5.41) is 11.7. The predicted molar refractivity (Wildman–Crippen MR) is 268 cm³/mol. The van der Waals surface area contributed by atoms with Crippen molar-refractivity contribution in [1.29, 1.82) is 0 Å². The van der Waals surface area contributed by atoms with Crippen molar-refractivity contribution in [3.63, 3.8) is 0 Å². The Bertz CT molecular complexity index is 1410. The maximum Gasteiger partial charge on any atom is 0.306 e. The molecule has 0 saturated carbocycles. The zero-order valence-corrected chi connectivity index (χ0v) is 41.2. The molecule has 0 N–H and O–H groups in total. The highest BCUT2D eigenvalue weighted by molar-refractivity contribution is 5.70. The fraction of sp³-hybridized carbons (Fsp3) is 0.625. The highest BCUT2D eigenvalue weighted by Crippen LogP contribution is 2.12. The SMILES string of the molecule is CC/C=C/C/C=C/C/C=C/C/C=C/C/C=C/CCCCCCCCCC(=O)OCC(COCCC(C(=O)[O-])[N+](C)(C)C)OC(=O)CCC/C=C/C/C=C/C/C=C/C/C=C/CCCCC. The fourth-order valence-corrected chi connectivity index (χ4v) is 6.56. The van der Waals surface area contributed by atoms with Gasteiger partial charge in [-0.2, -0.15) is 0 Å². The Morgan fingerprint density at radius 3 is 1.34 bits per heavy atom. The number of likely N-dealkylation sites (N-methyl/N-ethyl adjacent to an activating group) is 1. The second kappa shape index (κ2) is 45.6. The molecule has 0 spiro atoms. The minimum Gasteiger partial charge on any atom is -0.544 e. The number of hydrogen-bond donors (Lipinski definition) is 0. The Hall–Kier alpha value is -4.01. The van der Waals surface area contributed by atoms with Crippen molar-refractivity contribution in [2.24, 2.45) is 0 Å². The van der Waals surface area contributed by atoms with Crippen LogP contribution in [0.5, 0.6) is 0 Å². The molecule has 0 aromatic heterocycles. The van der Waals surface area contributed by atoms with Crippen molar-refractivity contribution >= 4 is 17.9 Å². The highest BCUT2D eigenvalue weighted by Gasteiger charge is 2.25. The van der Waals surface area contributed by atoms with E-state index < -0.39 is 18.1 Å². The number of esters is 2. The summed E-state index contributed by atoms with van der Waals surface area (Å²) in [5.74, 6) is -1.84. The molecule has 0 amide bonds. The average molecular weight is 890 g/mol. The van der Waals surface area contributed by atoms with Gasteiger partial charge in [-0.3, -0.25) is 9.59 Å². The summed E-state index contributed by atoms with van der Waals surface area (Å²) in [6, 6.07) is -0.744. The number of allylic oxidation sites excluding steroid dienone is 18. The standard InChI is InChI=1S/C56H91NO7/c1-6-8-10-12-14-16-18-20-22-24-25-26-27-28-29-31-32-34-36-38-40-42-44-46-54(58)63-51-52(50-62-49-48-53(56(60)61)57(3,4)5)64-55(59)47-45-43-41-39-37-35-33-30-23-21-19-17-15-13-11-9-7-2/h8,10,14-17,20-23,25-26,28-29,33,35,39,41,52-53H,6-7,9,11-13,18-19,24,27,30-32,34,36-38,40,42-51H2,1-5H3/b10-8+,16-14+,17-15+,22-20+,23-21+,26-25+,29-28+,35-33+,41-39+. The summed E-state index contributed by atoms with van der Waals surface area (Å²) < 4.78 is 17.1. The van der Waals surface area contributed by atoms with Crippen LogP contribution in [0.25, 0.3) is 0 Å². The molecule has 0 aromatic rings. The van der Waals surface area contributed by atoms with Crippen LogP contribution in [-0.4, -0.2) is 75.5 Å². The lowest BCUT2D eigenvalue weighted by Crippen LogP contribution is -2.55. The number of rotatable bonds is 43. The van der Waals surface area contributed by atoms with Crippen molar-refractivity contribution in [3.8, 4) is 0 Å². The van der Waals surface area contributed by atoms with Crippen LogP contribution >= 0.6 is 0 Å². The number of ether oxygens (including phenoxy) is 3. The summed E-state index contributed by atoms with van der Waals surface area (Å²) in [4.78, 5) is 37.0. The van der Waals surface area contributed by atoms with Gasteiger partial charge in [0.25, 0.3) is 0 Å². The maximum atomic E-state index is 12.7. The van der Waals surface area contributed by atoms with E-state index >= 15 is 0 Å². The van der Waals surface area contributed by atoms with E-state index in [9.17, 15) is 19.5 Å². The van der Waals surface area contributed by atoms with Crippen molar-refractivity contribution in [2.75, 3.05) is 41.0 Å². The number of quaternary nitrogens is 1. The summed E-state index contributed by atoms with van der Waals surface area (Å²) in [5.41, 5.74) is 0. The molecule has 0 aliphatic heterocycles. The first-order chi connectivity index (χ1) is 31.1. The van der Waals surface area contributed by atoms with Gasteiger partial charge >= 0.3 is 11.9 Å². The van der Waals surface area contributed by atoms with Gasteiger partial charge in [0.05, 0.1) is 40.3 Å². The Morgan fingerprint density at radius 1 is 0.484 bits per heavy atom. The quantitative estimate of drug-likeness (QED) is 0.0260. The Kier molecular flexibility index (Phi) is 42.7. The van der Waals surface area contributed by atoms with Crippen LogP contribution in [0, 0.1) is 0 Å². The van der Waals surface area contributed by atoms with Crippen LogP contribution in [0.15, 0.2) is 109 Å². The lowest BCUT2D eigenvalue weighted by Gasteiger charge is -2.34. The van der Waals surface area contributed by atoms with Gasteiger partial charge in [0.15, 0.2) is 6.10 Å². The number of unbranched alkanes of at least 4 members (excludes halogenated alkanes) is 11. The zero-order valence-electron chi connectivity index (χ0n) is 41.2. The zero-order chi connectivity index (χ0) is 47.0. The second-order valence-corrected chi connectivity index (χ2v) is 17.3. The van der Waals surface area contributed by atoms with Crippen molar-refractivity contribution in [2.45, 2.75) is 187 Å². The predicted octanol–water partition coefficient (Wildman–Crippen LogP) is 13.1. The molecule has 2 atom stereocenters. The van der Waals surface area contributed by atoms with E-state index in [0.717, 1.165) is 89.9 Å². The van der Waals surface area contributed by atoms with E-state index in [1.807, 2.05) is 0 Å². The van der Waals surface area contributed by atoms with Gasteiger partial charge in [-0.25, -0.2) is 0 Å². The number of carbonyl (C=O) groups is 3. The van der Waals surface area contributed by atoms with E-state index in [1.165, 1.54) is 44.9 Å². The Balaban J connectivity index is 4.38. The van der Waals surface area contributed by atoms with Gasteiger partial charge in [0.2, 0.25) is 0 Å². The molecule has 2 unspecified atom stereocenters. The smallest absolute Gasteiger partial charge is 0.306 e. The molecule has 8 nitrogen and oxygen atoms in total. The normalized spacial score (nSPS) is 13.8. The molecular weight excluding hydrogens is 799 g/mol. The van der Waals surface area contributed by atoms with Crippen LogP contribution in [0.1, 0.15) is 174 Å². The molecule has 0 bridgehead atoms. The number of hydrogen-bond acceptors (Lipinski definition) is 7. The minimum absolute atomic E-state index is 0.00812. The topological polar surface area (TPSA) is 102 Å². The van der Waals surface area contributed by atoms with Crippen LogP contribution in [0.4, 0.5) is 0 Å². The third-order valence-corrected chi connectivity index (χ3v) is 10.4. The molecule has 64 heavy (non-hydrogen) atoms. The van der Waals surface area contributed by atoms with Gasteiger partial charge in [0, 0.05) is 19.3 Å². The largest absolute Gasteiger partial charge is 0.544 e. The number of carbonyl (C=O) groups excluding carboxylic acids is 3. The molecule has 0 aliphatic rings. The fourth-order valence-electron chi connectivity index (χ4n) is 6.56. The van der Waals surface area contributed by atoms with Crippen LogP contribution in [0.2, 0.25) is 0 Å². The Morgan fingerprint density at radius 2 is 0.891 bits per heavy atom. The molecule has 0 rings (SSSR count). The molecule has 8 heteroatoms. The summed E-state index contributed by atoms with van der Waals surface area (Å²) in [7, 11) is 5.38. The minimum atomic E-state index is -1.14. The van der Waals surface area contributed by atoms with E-state index in [-0.39, 0.29) is 49.1 Å². The number of carboxylic acid groups (broad SMARTS) is 1. The van der Waals surface area contributed by atoms with Gasteiger partial charge in [-0.05, 0) is 96.3 Å². The third-order valence-electron chi connectivity index (χ3n) is 10.4. The van der Waals surface area contributed by atoms with Gasteiger partial charge in [-0.15, -0.1) is 0 Å². The molecule has 0 fully saturated rings. The highest BCUT2D eigenvalue weighted by atomic mass is 16.6. The van der Waals surface area contributed by atoms with E-state index in [2.05, 4.69) is 123 Å². The molecule has 0 radical (unpaired) electrons. The average Bonchev–Trinajstić information content (AvgIpc) is 3.26. The first-order valence-corrected chi connectivity index (χ1v) is 24.9. The lowest BCUT2D eigenvalue weighted by molar-refractivity contribution is -0.889. The number of aliphatic carboxylic acids is 1. The van der Waals surface area contributed by atoms with Crippen molar-refractivity contribution in [1.82, 2.24) is 0 Å². The lowest BCUT2D eigenvalue weighted by atomic mass is 10.1. The number of carboxylic acids is 1. The van der Waals surface area contributed by atoms with Crippen LogP contribution in [0.3, 0.4) is 0 Å². The molecule has 362 valence electrons. The number of nitrogens with zero attached hydrogens (tertiary/aromatic N) is 1. The van der Waals surface area contributed by atoms with E-state index in [0.29, 0.717) is 12.8 Å². The third kappa shape index (κ3) is 43.3. The first-order valence-electron chi connectivity index (χ1n) is 24.9. The van der Waals surface area contributed by atoms with E-state index in [1.54, 1.807) is 21.1 Å².